The first-order valence-corrected chi connectivity index (χ1v) is 7.53. The lowest BCUT2D eigenvalue weighted by atomic mass is 10.1. The topological polar surface area (TPSA) is 41.9 Å². The number of nitrogens with zero attached hydrogens (tertiary/aromatic N) is 1. The first-order valence-electron chi connectivity index (χ1n) is 7.53. The van der Waals surface area contributed by atoms with Crippen LogP contribution in [0.4, 0.5) is 0 Å². The number of aliphatic hydroxyl groups excluding tert-OH is 1. The van der Waals surface area contributed by atoms with E-state index < -0.39 is 6.10 Å². The van der Waals surface area contributed by atoms with Crippen LogP contribution in [0.25, 0.3) is 0 Å². The lowest BCUT2D eigenvalue weighted by Crippen LogP contribution is -2.44. The van der Waals surface area contributed by atoms with Gasteiger partial charge >= 0.3 is 0 Å². The molecule has 1 aromatic rings. The van der Waals surface area contributed by atoms with E-state index in [-0.39, 0.29) is 0 Å². The van der Waals surface area contributed by atoms with E-state index in [2.05, 4.69) is 4.90 Å². The molecule has 4 heteroatoms. The molecule has 2 fully saturated rings. The predicted molar refractivity (Wildman–Crippen MR) is 76.9 cm³/mol. The van der Waals surface area contributed by atoms with Gasteiger partial charge in [0.25, 0.3) is 0 Å². The van der Waals surface area contributed by atoms with E-state index in [0.717, 1.165) is 24.4 Å². The van der Waals surface area contributed by atoms with Crippen molar-refractivity contribution in [2.45, 2.75) is 38.1 Å². The van der Waals surface area contributed by atoms with E-state index >= 15 is 0 Å². The van der Waals surface area contributed by atoms with E-state index in [1.54, 1.807) is 0 Å². The Labute approximate surface area is 120 Å². The van der Waals surface area contributed by atoms with Crippen LogP contribution in [0.5, 0.6) is 5.75 Å². The molecule has 2 bridgehead atoms. The zero-order valence-electron chi connectivity index (χ0n) is 12.0. The highest BCUT2D eigenvalue weighted by Gasteiger charge is 2.34. The van der Waals surface area contributed by atoms with Crippen LogP contribution in [0.1, 0.15) is 31.4 Å². The second kappa shape index (κ2) is 6.12. The third-order valence-electron chi connectivity index (χ3n) is 4.13. The Morgan fingerprint density at radius 2 is 1.90 bits per heavy atom. The Hall–Kier alpha value is -1.10. The Morgan fingerprint density at radius 3 is 2.50 bits per heavy atom. The Morgan fingerprint density at radius 1 is 1.25 bits per heavy atom. The average molecular weight is 277 g/mol. The molecule has 3 unspecified atom stereocenters. The van der Waals surface area contributed by atoms with Gasteiger partial charge in [0.1, 0.15) is 5.75 Å². The third kappa shape index (κ3) is 3.14. The first-order chi connectivity index (χ1) is 9.74. The van der Waals surface area contributed by atoms with Crippen molar-refractivity contribution in [1.29, 1.82) is 0 Å². The highest BCUT2D eigenvalue weighted by molar-refractivity contribution is 5.28. The molecule has 4 nitrogen and oxygen atoms in total. The average Bonchev–Trinajstić information content (AvgIpc) is 2.79. The smallest absolute Gasteiger partial charge is 0.119 e. The summed E-state index contributed by atoms with van der Waals surface area (Å²) < 4.78 is 11.2. The fourth-order valence-corrected chi connectivity index (χ4v) is 3.15. The van der Waals surface area contributed by atoms with Gasteiger partial charge in [-0.2, -0.15) is 0 Å². The molecule has 20 heavy (non-hydrogen) atoms. The lowest BCUT2D eigenvalue weighted by molar-refractivity contribution is -0.0497. The van der Waals surface area contributed by atoms with Crippen LogP contribution in [0.15, 0.2) is 24.3 Å². The van der Waals surface area contributed by atoms with Gasteiger partial charge in [-0.25, -0.2) is 0 Å². The van der Waals surface area contributed by atoms with Gasteiger partial charge in [-0.3, -0.25) is 4.90 Å². The van der Waals surface area contributed by atoms with Crippen LogP contribution in [0.2, 0.25) is 0 Å². The third-order valence-corrected chi connectivity index (χ3v) is 4.13. The maximum absolute atomic E-state index is 10.4. The summed E-state index contributed by atoms with van der Waals surface area (Å²) >= 11 is 0. The zero-order chi connectivity index (χ0) is 13.9. The Kier molecular flexibility index (Phi) is 4.24. The molecule has 0 aliphatic carbocycles. The summed E-state index contributed by atoms with van der Waals surface area (Å²) in [5.74, 6) is 0.855. The number of β-amino-alcohol motifs (C(OH)–C–C–N with tert-alkyl or cyclic N) is 1. The van der Waals surface area contributed by atoms with Gasteiger partial charge in [-0.15, -0.1) is 0 Å². The van der Waals surface area contributed by atoms with Crippen molar-refractivity contribution in [3.05, 3.63) is 29.8 Å². The summed E-state index contributed by atoms with van der Waals surface area (Å²) in [5, 5.41) is 10.4. The molecule has 2 aliphatic rings. The molecule has 2 saturated heterocycles. The minimum absolute atomic E-state index is 0.376. The van der Waals surface area contributed by atoms with E-state index in [1.165, 1.54) is 12.8 Å². The Bertz CT molecular complexity index is 422. The van der Waals surface area contributed by atoms with Crippen molar-refractivity contribution in [1.82, 2.24) is 4.90 Å². The molecule has 2 heterocycles. The van der Waals surface area contributed by atoms with Gasteiger partial charge in [0.2, 0.25) is 0 Å². The second-order valence-corrected chi connectivity index (χ2v) is 5.69. The molecule has 0 amide bonds. The summed E-state index contributed by atoms with van der Waals surface area (Å²) in [6.07, 6.45) is 2.64. The molecule has 1 aromatic carbocycles. The number of rotatable bonds is 5. The van der Waals surface area contributed by atoms with Crippen LogP contribution in [-0.2, 0) is 4.74 Å². The molecular weight excluding hydrogens is 254 g/mol. The van der Waals surface area contributed by atoms with Crippen LogP contribution in [0.3, 0.4) is 0 Å². The normalized spacial score (nSPS) is 27.5. The second-order valence-electron chi connectivity index (χ2n) is 5.69. The van der Waals surface area contributed by atoms with Gasteiger partial charge in [0.15, 0.2) is 0 Å². The summed E-state index contributed by atoms with van der Waals surface area (Å²) in [6, 6.07) is 7.74. The monoisotopic (exact) mass is 277 g/mol. The number of morpholine rings is 1. The lowest BCUT2D eigenvalue weighted by Gasteiger charge is -2.33. The number of likely N-dealkylation sites (tertiary alicyclic amines) is 1. The molecule has 3 atom stereocenters. The molecule has 0 spiro atoms. The van der Waals surface area contributed by atoms with E-state index in [4.69, 9.17) is 9.47 Å². The van der Waals surface area contributed by atoms with Crippen molar-refractivity contribution < 1.29 is 14.6 Å². The molecule has 0 aromatic heterocycles. The molecular formula is C16H23NO3. The molecule has 1 N–H and O–H groups in total. The zero-order valence-corrected chi connectivity index (χ0v) is 12.0. The van der Waals surface area contributed by atoms with Gasteiger partial charge in [-0.05, 0) is 37.5 Å². The number of hydrogen-bond acceptors (Lipinski definition) is 4. The molecule has 0 saturated carbocycles. The molecule has 0 radical (unpaired) electrons. The number of benzene rings is 1. The van der Waals surface area contributed by atoms with Crippen molar-refractivity contribution in [3.63, 3.8) is 0 Å². The largest absolute Gasteiger partial charge is 0.494 e. The number of hydrogen-bond donors (Lipinski definition) is 1. The quantitative estimate of drug-likeness (QED) is 0.893. The van der Waals surface area contributed by atoms with E-state index in [9.17, 15) is 5.11 Å². The Balaban J connectivity index is 1.57. The van der Waals surface area contributed by atoms with Gasteiger partial charge in [-0.1, -0.05) is 12.1 Å². The SMILES string of the molecule is CCOc1ccc(C(O)CN2CC3CCC(C2)O3)cc1. The van der Waals surface area contributed by atoms with Crippen molar-refractivity contribution >= 4 is 0 Å². The standard InChI is InChI=1S/C16H23NO3/c1-2-19-13-5-3-12(4-6-13)16(18)11-17-9-14-7-8-15(10-17)20-14/h3-6,14-16,18H,2,7-11H2,1H3. The minimum Gasteiger partial charge on any atom is -0.494 e. The summed E-state index contributed by atoms with van der Waals surface area (Å²) in [6.45, 7) is 5.22. The maximum atomic E-state index is 10.4. The molecule has 110 valence electrons. The summed E-state index contributed by atoms with van der Waals surface area (Å²) in [5.41, 5.74) is 0.951. The van der Waals surface area contributed by atoms with Crippen molar-refractivity contribution in [2.75, 3.05) is 26.2 Å². The maximum Gasteiger partial charge on any atom is 0.119 e. The first kappa shape index (κ1) is 13.9. The van der Waals surface area contributed by atoms with Crippen LogP contribution < -0.4 is 4.74 Å². The number of fused-ring (bicyclic) bond motifs is 2. The van der Waals surface area contributed by atoms with Gasteiger partial charge in [0, 0.05) is 19.6 Å². The van der Waals surface area contributed by atoms with Crippen LogP contribution in [0, 0.1) is 0 Å². The van der Waals surface area contributed by atoms with Gasteiger partial charge < -0.3 is 14.6 Å². The summed E-state index contributed by atoms with van der Waals surface area (Å²) in [4.78, 5) is 2.33. The van der Waals surface area contributed by atoms with Crippen LogP contribution in [-0.4, -0.2) is 48.5 Å². The highest BCUT2D eigenvalue weighted by atomic mass is 16.5. The molecule has 3 rings (SSSR count). The predicted octanol–water partition coefficient (Wildman–Crippen LogP) is 1.98. The van der Waals surface area contributed by atoms with Gasteiger partial charge in [0.05, 0.1) is 24.9 Å². The summed E-state index contributed by atoms with van der Waals surface area (Å²) in [7, 11) is 0. The van der Waals surface area contributed by atoms with E-state index in [1.807, 2.05) is 31.2 Å². The number of ether oxygens (including phenoxy) is 2. The fourth-order valence-electron chi connectivity index (χ4n) is 3.15. The number of aliphatic hydroxyl groups is 1. The minimum atomic E-state index is -0.442. The molecule has 2 aliphatic heterocycles. The van der Waals surface area contributed by atoms with E-state index in [0.29, 0.717) is 25.4 Å². The highest BCUT2D eigenvalue weighted by Crippen LogP contribution is 2.27. The van der Waals surface area contributed by atoms with Crippen LogP contribution >= 0.6 is 0 Å². The van der Waals surface area contributed by atoms with Crippen molar-refractivity contribution in [2.24, 2.45) is 0 Å². The fraction of sp³-hybridized carbons (Fsp3) is 0.625. The van der Waals surface area contributed by atoms with Crippen molar-refractivity contribution in [3.8, 4) is 5.75 Å².